The van der Waals surface area contributed by atoms with Crippen LogP contribution >= 0.6 is 0 Å². The van der Waals surface area contributed by atoms with Crippen molar-refractivity contribution in [2.75, 3.05) is 12.8 Å². The molecule has 2 amide bonds. The third kappa shape index (κ3) is 2.69. The maximum atomic E-state index is 11.3. The molecule has 79 valence electrons. The van der Waals surface area contributed by atoms with E-state index in [4.69, 9.17) is 0 Å². The van der Waals surface area contributed by atoms with Gasteiger partial charge >= 0.3 is 6.41 Å². The number of amides is 2. The first-order valence-electron chi connectivity index (χ1n) is 4.10. The van der Waals surface area contributed by atoms with Crippen molar-refractivity contribution in [3.63, 3.8) is 0 Å². The van der Waals surface area contributed by atoms with Gasteiger partial charge < -0.3 is 4.90 Å². The van der Waals surface area contributed by atoms with Gasteiger partial charge in [0.2, 0.25) is 10.0 Å². The van der Waals surface area contributed by atoms with Gasteiger partial charge in [-0.1, -0.05) is 0 Å². The number of sulfonamides is 1. The van der Waals surface area contributed by atoms with Crippen LogP contribution < -0.4 is 4.72 Å². The lowest BCUT2D eigenvalue weighted by Gasteiger charge is -2.17. The van der Waals surface area contributed by atoms with Crippen LogP contribution in [0.2, 0.25) is 0 Å². The third-order valence-corrected chi connectivity index (χ3v) is 2.53. The monoisotopic (exact) mass is 219 g/mol. The molecule has 6 nitrogen and oxygen atoms in total. The normalized spacial score (nSPS) is 22.1. The molecule has 14 heavy (non-hydrogen) atoms. The third-order valence-electron chi connectivity index (χ3n) is 1.96. The zero-order valence-corrected chi connectivity index (χ0v) is 8.50. The molecule has 1 N–H and O–H groups in total. The standard InChI is InChI=1S/C7H11N2O4S/c1-14(12,13)8-7(11)6-3-2-4-9(6)5-10/h6H,2-4H2,1H3,(H,8,11). The summed E-state index contributed by atoms with van der Waals surface area (Å²) < 4.78 is 23.3. The van der Waals surface area contributed by atoms with Crippen LogP contribution in [0.5, 0.6) is 0 Å². The molecule has 0 aromatic heterocycles. The van der Waals surface area contributed by atoms with E-state index in [9.17, 15) is 18.0 Å². The van der Waals surface area contributed by atoms with Gasteiger partial charge in [0.25, 0.3) is 5.91 Å². The minimum atomic E-state index is -3.55. The van der Waals surface area contributed by atoms with E-state index in [1.165, 1.54) is 4.90 Å². The van der Waals surface area contributed by atoms with Crippen molar-refractivity contribution in [3.05, 3.63) is 0 Å². The number of carbonyl (C=O) groups excluding carboxylic acids is 2. The van der Waals surface area contributed by atoms with Crippen LogP contribution in [0, 0.1) is 0 Å². The van der Waals surface area contributed by atoms with Crippen molar-refractivity contribution in [3.8, 4) is 0 Å². The SMILES string of the molecule is CS(=O)(=O)NC(=O)C1CCCN1[C]=O. The Morgan fingerprint density at radius 3 is 2.71 bits per heavy atom. The van der Waals surface area contributed by atoms with Crippen LogP contribution in [0.3, 0.4) is 0 Å². The molecule has 0 bridgehead atoms. The molecule has 1 aliphatic heterocycles. The minimum absolute atomic E-state index is 0.450. The number of carbonyl (C=O) groups is 1. The van der Waals surface area contributed by atoms with Gasteiger partial charge in [-0.2, -0.15) is 0 Å². The van der Waals surface area contributed by atoms with Crippen LogP contribution in [0.1, 0.15) is 12.8 Å². The van der Waals surface area contributed by atoms with Crippen LogP contribution in [-0.4, -0.2) is 44.5 Å². The molecule has 1 aliphatic rings. The molecule has 1 unspecified atom stereocenters. The molecule has 1 saturated heterocycles. The predicted molar refractivity (Wildman–Crippen MR) is 48.4 cm³/mol. The molecule has 1 rings (SSSR count). The van der Waals surface area contributed by atoms with Gasteiger partial charge in [-0.25, -0.2) is 8.42 Å². The van der Waals surface area contributed by atoms with Crippen molar-refractivity contribution in [2.45, 2.75) is 18.9 Å². The smallest absolute Gasteiger partial charge is 0.312 e. The van der Waals surface area contributed by atoms with Gasteiger partial charge in [0, 0.05) is 6.54 Å². The van der Waals surface area contributed by atoms with E-state index in [0.717, 1.165) is 6.26 Å². The summed E-state index contributed by atoms with van der Waals surface area (Å²) in [4.78, 5) is 22.9. The van der Waals surface area contributed by atoms with E-state index in [1.54, 1.807) is 6.41 Å². The Morgan fingerprint density at radius 1 is 1.57 bits per heavy atom. The molecular formula is C7H11N2O4S. The Hall–Kier alpha value is -1.11. The lowest BCUT2D eigenvalue weighted by molar-refractivity contribution is -0.122. The average Bonchev–Trinajstić information content (AvgIpc) is 2.47. The van der Waals surface area contributed by atoms with E-state index in [-0.39, 0.29) is 0 Å². The average molecular weight is 219 g/mol. The van der Waals surface area contributed by atoms with Crippen LogP contribution in [0.15, 0.2) is 0 Å². The Morgan fingerprint density at radius 2 is 2.21 bits per heavy atom. The van der Waals surface area contributed by atoms with Gasteiger partial charge in [-0.3, -0.25) is 14.3 Å². The second kappa shape index (κ2) is 3.95. The van der Waals surface area contributed by atoms with Gasteiger partial charge in [-0.15, -0.1) is 0 Å². The molecule has 7 heteroatoms. The highest BCUT2D eigenvalue weighted by Gasteiger charge is 2.31. The van der Waals surface area contributed by atoms with E-state index in [2.05, 4.69) is 0 Å². The lowest BCUT2D eigenvalue weighted by atomic mass is 10.2. The molecule has 1 fully saturated rings. The highest BCUT2D eigenvalue weighted by atomic mass is 32.2. The molecule has 1 atom stereocenters. The zero-order valence-electron chi connectivity index (χ0n) is 7.69. The second-order valence-electron chi connectivity index (χ2n) is 3.18. The maximum absolute atomic E-state index is 11.3. The van der Waals surface area contributed by atoms with E-state index >= 15 is 0 Å². The van der Waals surface area contributed by atoms with Crippen LogP contribution in [0.4, 0.5) is 0 Å². The van der Waals surface area contributed by atoms with Gasteiger partial charge in [-0.05, 0) is 12.8 Å². The molecule has 1 heterocycles. The minimum Gasteiger partial charge on any atom is -0.322 e. The summed E-state index contributed by atoms with van der Waals surface area (Å²) in [6.07, 6.45) is 3.68. The van der Waals surface area contributed by atoms with Crippen LogP contribution in [-0.2, 0) is 19.6 Å². The lowest BCUT2D eigenvalue weighted by Crippen LogP contribution is -2.44. The van der Waals surface area contributed by atoms with Crippen LogP contribution in [0.25, 0.3) is 0 Å². The fourth-order valence-corrected chi connectivity index (χ4v) is 1.90. The first-order valence-corrected chi connectivity index (χ1v) is 5.99. The number of nitrogens with one attached hydrogen (secondary N) is 1. The van der Waals surface area contributed by atoms with E-state index < -0.39 is 22.0 Å². The zero-order chi connectivity index (χ0) is 10.8. The van der Waals surface area contributed by atoms with Crippen molar-refractivity contribution < 1.29 is 18.0 Å². The maximum Gasteiger partial charge on any atom is 0.312 e. The largest absolute Gasteiger partial charge is 0.322 e. The van der Waals surface area contributed by atoms with Crippen molar-refractivity contribution >= 4 is 22.3 Å². The van der Waals surface area contributed by atoms with Crippen molar-refractivity contribution in [2.24, 2.45) is 0 Å². The van der Waals surface area contributed by atoms with Crippen molar-refractivity contribution in [1.29, 1.82) is 0 Å². The van der Waals surface area contributed by atoms with E-state index in [0.29, 0.717) is 19.4 Å². The van der Waals surface area contributed by atoms with Gasteiger partial charge in [0.1, 0.15) is 6.04 Å². The topological polar surface area (TPSA) is 83.6 Å². The first kappa shape index (κ1) is 11.0. The summed E-state index contributed by atoms with van der Waals surface area (Å²) >= 11 is 0. The summed E-state index contributed by atoms with van der Waals surface area (Å²) in [6, 6.07) is -0.692. The summed E-state index contributed by atoms with van der Waals surface area (Å²) in [7, 11) is -3.55. The summed E-state index contributed by atoms with van der Waals surface area (Å²) in [5, 5.41) is 0. The number of hydrogen-bond acceptors (Lipinski definition) is 4. The van der Waals surface area contributed by atoms with E-state index in [1.807, 2.05) is 4.72 Å². The molecular weight excluding hydrogens is 208 g/mol. The fraction of sp³-hybridized carbons (Fsp3) is 0.714. The Bertz CT molecular complexity index is 338. The molecule has 0 aromatic carbocycles. The van der Waals surface area contributed by atoms with Gasteiger partial charge in [0.05, 0.1) is 6.26 Å². The van der Waals surface area contributed by atoms with Gasteiger partial charge in [0.15, 0.2) is 0 Å². The Labute approximate surface area is 82.3 Å². The number of rotatable bonds is 3. The fourth-order valence-electron chi connectivity index (χ4n) is 1.40. The summed E-state index contributed by atoms with van der Waals surface area (Å²) in [5.41, 5.74) is 0. The highest BCUT2D eigenvalue weighted by Crippen LogP contribution is 2.14. The van der Waals surface area contributed by atoms with Crippen molar-refractivity contribution in [1.82, 2.24) is 9.62 Å². The first-order chi connectivity index (χ1) is 6.44. The molecule has 0 spiro atoms. The Kier molecular flexibility index (Phi) is 3.10. The second-order valence-corrected chi connectivity index (χ2v) is 4.93. The number of hydrogen-bond donors (Lipinski definition) is 1. The quantitative estimate of drug-likeness (QED) is 0.632. The Balaban J connectivity index is 2.65. The summed E-state index contributed by atoms with van der Waals surface area (Å²) in [6.45, 7) is 0.450. The molecule has 1 radical (unpaired) electrons. The molecule has 0 aliphatic carbocycles. The molecule has 0 saturated carbocycles. The number of likely N-dealkylation sites (tertiary alicyclic amines) is 1. The summed E-state index contributed by atoms with van der Waals surface area (Å²) in [5.74, 6) is -0.659. The number of nitrogens with zero attached hydrogens (tertiary/aromatic N) is 1. The molecule has 0 aromatic rings. The highest BCUT2D eigenvalue weighted by molar-refractivity contribution is 7.89. The predicted octanol–water partition coefficient (Wildman–Crippen LogP) is -1.41.